The van der Waals surface area contributed by atoms with Gasteiger partial charge in [-0.15, -0.1) is 11.3 Å². The summed E-state index contributed by atoms with van der Waals surface area (Å²) in [5.41, 5.74) is 4.71. The molecule has 0 unspecified atom stereocenters. The zero-order valence-corrected chi connectivity index (χ0v) is 11.6. The Bertz CT molecular complexity index is 513. The molecule has 0 amide bonds. The summed E-state index contributed by atoms with van der Waals surface area (Å²) in [4.78, 5) is 4.47. The molecule has 5 heteroatoms. The first-order valence-electron chi connectivity index (χ1n) is 5.70. The van der Waals surface area contributed by atoms with Gasteiger partial charge in [0, 0.05) is 28.9 Å². The molecular weight excluding hydrogens is 232 g/mol. The maximum absolute atomic E-state index is 4.58. The SMILES string of the molecule is CNCc1c(C)nn(Cc2nc(C)cs2)c1C. The smallest absolute Gasteiger partial charge is 0.114 e. The van der Waals surface area contributed by atoms with E-state index in [-0.39, 0.29) is 0 Å². The first-order chi connectivity index (χ1) is 8.11. The van der Waals surface area contributed by atoms with Crippen molar-refractivity contribution < 1.29 is 0 Å². The van der Waals surface area contributed by atoms with Crippen LogP contribution in [-0.4, -0.2) is 21.8 Å². The summed E-state index contributed by atoms with van der Waals surface area (Å²) >= 11 is 1.69. The molecule has 0 radical (unpaired) electrons. The highest BCUT2D eigenvalue weighted by Gasteiger charge is 2.11. The first kappa shape index (κ1) is 12.3. The van der Waals surface area contributed by atoms with E-state index in [1.807, 2.05) is 18.7 Å². The van der Waals surface area contributed by atoms with Crippen LogP contribution in [0.15, 0.2) is 5.38 Å². The molecule has 2 heterocycles. The average molecular weight is 250 g/mol. The van der Waals surface area contributed by atoms with E-state index in [0.717, 1.165) is 29.5 Å². The molecule has 92 valence electrons. The lowest BCUT2D eigenvalue weighted by atomic mass is 10.2. The van der Waals surface area contributed by atoms with Crippen LogP contribution in [0.4, 0.5) is 0 Å². The number of thiazole rings is 1. The van der Waals surface area contributed by atoms with E-state index in [2.05, 4.69) is 34.6 Å². The number of aromatic nitrogens is 3. The summed E-state index contributed by atoms with van der Waals surface area (Å²) in [5, 5.41) is 11.0. The third kappa shape index (κ3) is 2.56. The molecule has 17 heavy (non-hydrogen) atoms. The predicted octanol–water partition coefficient (Wildman–Crippen LogP) is 2.03. The van der Waals surface area contributed by atoms with Gasteiger partial charge in [0.1, 0.15) is 5.01 Å². The molecule has 0 spiro atoms. The lowest BCUT2D eigenvalue weighted by molar-refractivity contribution is 0.653. The molecule has 0 aliphatic heterocycles. The van der Waals surface area contributed by atoms with Crippen molar-refractivity contribution >= 4 is 11.3 Å². The second kappa shape index (κ2) is 4.98. The van der Waals surface area contributed by atoms with Crippen LogP contribution in [0.25, 0.3) is 0 Å². The molecule has 0 aliphatic carbocycles. The van der Waals surface area contributed by atoms with E-state index in [1.165, 1.54) is 11.3 Å². The van der Waals surface area contributed by atoms with Gasteiger partial charge >= 0.3 is 0 Å². The van der Waals surface area contributed by atoms with E-state index in [4.69, 9.17) is 0 Å². The quantitative estimate of drug-likeness (QED) is 0.903. The lowest BCUT2D eigenvalue weighted by Gasteiger charge is -2.03. The van der Waals surface area contributed by atoms with Crippen molar-refractivity contribution in [2.45, 2.75) is 33.9 Å². The highest BCUT2D eigenvalue weighted by Crippen LogP contribution is 2.16. The fourth-order valence-corrected chi connectivity index (χ4v) is 2.68. The Kier molecular flexibility index (Phi) is 3.59. The van der Waals surface area contributed by atoms with Gasteiger partial charge in [-0.1, -0.05) is 0 Å². The van der Waals surface area contributed by atoms with Crippen molar-refractivity contribution in [2.75, 3.05) is 7.05 Å². The lowest BCUT2D eigenvalue weighted by Crippen LogP contribution is -2.08. The van der Waals surface area contributed by atoms with Crippen molar-refractivity contribution in [3.8, 4) is 0 Å². The largest absolute Gasteiger partial charge is 0.316 e. The molecule has 0 atom stereocenters. The summed E-state index contributed by atoms with van der Waals surface area (Å²) in [7, 11) is 1.96. The zero-order chi connectivity index (χ0) is 12.4. The van der Waals surface area contributed by atoms with E-state index >= 15 is 0 Å². The standard InChI is InChI=1S/C12H18N4S/c1-8-7-17-12(14-8)6-16-10(3)11(5-13-4)9(2)15-16/h7,13H,5-6H2,1-4H3. The number of nitrogens with zero attached hydrogens (tertiary/aromatic N) is 3. The fourth-order valence-electron chi connectivity index (χ4n) is 1.92. The molecule has 2 aromatic heterocycles. The molecule has 0 aliphatic rings. The van der Waals surface area contributed by atoms with Crippen LogP contribution in [0, 0.1) is 20.8 Å². The molecule has 1 N–H and O–H groups in total. The van der Waals surface area contributed by atoms with Crippen LogP contribution in [0.5, 0.6) is 0 Å². The average Bonchev–Trinajstić information content (AvgIpc) is 2.79. The second-order valence-electron chi connectivity index (χ2n) is 4.22. The van der Waals surface area contributed by atoms with Crippen molar-refractivity contribution in [1.82, 2.24) is 20.1 Å². The number of rotatable bonds is 4. The topological polar surface area (TPSA) is 42.7 Å². The summed E-state index contributed by atoms with van der Waals surface area (Å²) in [6, 6.07) is 0. The Morgan fingerprint density at radius 2 is 2.12 bits per heavy atom. The number of hydrogen-bond acceptors (Lipinski definition) is 4. The molecule has 2 aromatic rings. The van der Waals surface area contributed by atoms with Crippen molar-refractivity contribution in [3.63, 3.8) is 0 Å². The third-order valence-electron chi connectivity index (χ3n) is 2.84. The summed E-state index contributed by atoms with van der Waals surface area (Å²) in [5.74, 6) is 0. The monoisotopic (exact) mass is 250 g/mol. The van der Waals surface area contributed by atoms with E-state index in [0.29, 0.717) is 0 Å². The highest BCUT2D eigenvalue weighted by molar-refractivity contribution is 7.09. The molecule has 4 nitrogen and oxygen atoms in total. The summed E-state index contributed by atoms with van der Waals surface area (Å²) in [6.07, 6.45) is 0. The zero-order valence-electron chi connectivity index (χ0n) is 10.7. The van der Waals surface area contributed by atoms with E-state index in [9.17, 15) is 0 Å². The Morgan fingerprint density at radius 1 is 1.35 bits per heavy atom. The van der Waals surface area contributed by atoms with Crippen LogP contribution < -0.4 is 5.32 Å². The molecule has 0 saturated heterocycles. The van der Waals surface area contributed by atoms with E-state index < -0.39 is 0 Å². The van der Waals surface area contributed by atoms with Gasteiger partial charge in [0.15, 0.2) is 0 Å². The third-order valence-corrected chi connectivity index (χ3v) is 3.79. The summed E-state index contributed by atoms with van der Waals surface area (Å²) < 4.78 is 2.04. The summed E-state index contributed by atoms with van der Waals surface area (Å²) in [6.45, 7) is 7.84. The van der Waals surface area contributed by atoms with Gasteiger partial charge in [-0.2, -0.15) is 5.10 Å². The molecule has 0 bridgehead atoms. The van der Waals surface area contributed by atoms with Gasteiger partial charge in [-0.3, -0.25) is 4.68 Å². The minimum Gasteiger partial charge on any atom is -0.316 e. The van der Waals surface area contributed by atoms with Gasteiger partial charge in [0.2, 0.25) is 0 Å². The molecular formula is C12H18N4S. The van der Waals surface area contributed by atoms with Gasteiger partial charge in [-0.25, -0.2) is 4.98 Å². The van der Waals surface area contributed by atoms with Gasteiger partial charge in [0.05, 0.1) is 12.2 Å². The van der Waals surface area contributed by atoms with Crippen molar-refractivity contribution in [2.24, 2.45) is 0 Å². The molecule has 2 rings (SSSR count). The van der Waals surface area contributed by atoms with Crippen LogP contribution in [-0.2, 0) is 13.1 Å². The molecule has 0 saturated carbocycles. The van der Waals surface area contributed by atoms with Crippen LogP contribution in [0.1, 0.15) is 27.7 Å². The normalized spacial score (nSPS) is 11.1. The Labute approximate surface area is 106 Å². The molecule has 0 fully saturated rings. The minimum absolute atomic E-state index is 0.773. The van der Waals surface area contributed by atoms with Crippen molar-refractivity contribution in [1.29, 1.82) is 0 Å². The van der Waals surface area contributed by atoms with Crippen LogP contribution in [0.3, 0.4) is 0 Å². The van der Waals surface area contributed by atoms with Crippen LogP contribution >= 0.6 is 11.3 Å². The van der Waals surface area contributed by atoms with Gasteiger partial charge in [-0.05, 0) is 27.8 Å². The van der Waals surface area contributed by atoms with Crippen molar-refractivity contribution in [3.05, 3.63) is 33.0 Å². The molecule has 0 aromatic carbocycles. The minimum atomic E-state index is 0.773. The highest BCUT2D eigenvalue weighted by atomic mass is 32.1. The Balaban J connectivity index is 2.24. The maximum atomic E-state index is 4.58. The van der Waals surface area contributed by atoms with E-state index in [1.54, 1.807) is 11.3 Å². The first-order valence-corrected chi connectivity index (χ1v) is 6.58. The van der Waals surface area contributed by atoms with Crippen LogP contribution in [0.2, 0.25) is 0 Å². The predicted molar refractivity (Wildman–Crippen MR) is 70.4 cm³/mol. The maximum Gasteiger partial charge on any atom is 0.114 e. The fraction of sp³-hybridized carbons (Fsp3) is 0.500. The second-order valence-corrected chi connectivity index (χ2v) is 5.16. The van der Waals surface area contributed by atoms with Gasteiger partial charge in [0.25, 0.3) is 0 Å². The number of aryl methyl sites for hydroxylation is 2. The number of hydrogen-bond donors (Lipinski definition) is 1. The number of nitrogens with one attached hydrogen (secondary N) is 1. The Morgan fingerprint density at radius 3 is 2.71 bits per heavy atom. The Hall–Kier alpha value is -1.20. The van der Waals surface area contributed by atoms with Gasteiger partial charge < -0.3 is 5.32 Å².